The summed E-state index contributed by atoms with van der Waals surface area (Å²) in [6, 6.07) is 0. The number of hydrogen-bond acceptors (Lipinski definition) is 4. The van der Waals surface area contributed by atoms with Crippen LogP contribution in [-0.2, 0) is 11.2 Å². The molecule has 0 saturated heterocycles. The lowest BCUT2D eigenvalue weighted by Gasteiger charge is -2.21. The van der Waals surface area contributed by atoms with Crippen molar-refractivity contribution in [2.24, 2.45) is 5.92 Å². The first kappa shape index (κ1) is 13.0. The Bertz CT molecular complexity index is 424. The minimum absolute atomic E-state index is 0.122. The highest BCUT2D eigenvalue weighted by atomic mass is 16.3. The maximum atomic E-state index is 11.8. The molecule has 98 valence electrons. The molecule has 0 aliphatic heterocycles. The van der Waals surface area contributed by atoms with Gasteiger partial charge in [0, 0.05) is 25.4 Å². The van der Waals surface area contributed by atoms with Crippen molar-refractivity contribution in [1.82, 2.24) is 15.3 Å². The summed E-state index contributed by atoms with van der Waals surface area (Å²) in [6.07, 6.45) is 5.91. The van der Waals surface area contributed by atoms with Crippen molar-refractivity contribution in [3.05, 3.63) is 23.8 Å². The quantitative estimate of drug-likeness (QED) is 0.801. The van der Waals surface area contributed by atoms with Crippen LogP contribution in [0.3, 0.4) is 0 Å². The van der Waals surface area contributed by atoms with Crippen LogP contribution in [0.4, 0.5) is 0 Å². The van der Waals surface area contributed by atoms with Crippen molar-refractivity contribution in [2.75, 3.05) is 6.54 Å². The van der Waals surface area contributed by atoms with Gasteiger partial charge in [-0.2, -0.15) is 0 Å². The number of aryl methyl sites for hydroxylation is 1. The van der Waals surface area contributed by atoms with Crippen LogP contribution in [0.25, 0.3) is 0 Å². The van der Waals surface area contributed by atoms with Crippen LogP contribution in [0.1, 0.15) is 31.2 Å². The number of nitrogens with one attached hydrogen (secondary N) is 1. The van der Waals surface area contributed by atoms with Gasteiger partial charge in [0.1, 0.15) is 5.60 Å². The van der Waals surface area contributed by atoms with Gasteiger partial charge < -0.3 is 10.4 Å². The number of nitrogens with zero attached hydrogens (tertiary/aromatic N) is 2. The van der Waals surface area contributed by atoms with Gasteiger partial charge in [-0.15, -0.1) is 0 Å². The summed E-state index contributed by atoms with van der Waals surface area (Å²) in [5, 5.41) is 12.8. The third-order valence-corrected chi connectivity index (χ3v) is 3.33. The van der Waals surface area contributed by atoms with Crippen molar-refractivity contribution < 1.29 is 9.90 Å². The molecule has 1 atom stereocenters. The van der Waals surface area contributed by atoms with E-state index in [0.717, 1.165) is 24.2 Å². The van der Waals surface area contributed by atoms with Gasteiger partial charge in [0.2, 0.25) is 0 Å². The number of carbonyl (C=O) groups is 1. The molecule has 1 fully saturated rings. The second-order valence-electron chi connectivity index (χ2n) is 5.08. The van der Waals surface area contributed by atoms with Crippen molar-refractivity contribution in [1.29, 1.82) is 0 Å². The minimum Gasteiger partial charge on any atom is -0.380 e. The van der Waals surface area contributed by atoms with Gasteiger partial charge in [0.05, 0.1) is 11.4 Å². The fraction of sp³-hybridized carbons (Fsp3) is 0.615. The highest BCUT2D eigenvalue weighted by Gasteiger charge is 2.45. The Morgan fingerprint density at radius 2 is 2.22 bits per heavy atom. The van der Waals surface area contributed by atoms with Crippen LogP contribution < -0.4 is 5.32 Å². The molecule has 1 aliphatic carbocycles. The number of aromatic nitrogens is 2. The molecule has 2 N–H and O–H groups in total. The Kier molecular flexibility index (Phi) is 3.61. The van der Waals surface area contributed by atoms with Gasteiger partial charge in [-0.05, 0) is 32.6 Å². The van der Waals surface area contributed by atoms with Gasteiger partial charge in [0.15, 0.2) is 0 Å². The summed E-state index contributed by atoms with van der Waals surface area (Å²) >= 11 is 0. The van der Waals surface area contributed by atoms with E-state index in [4.69, 9.17) is 0 Å². The van der Waals surface area contributed by atoms with Crippen LogP contribution in [-0.4, -0.2) is 33.1 Å². The Morgan fingerprint density at radius 3 is 2.78 bits per heavy atom. The van der Waals surface area contributed by atoms with Gasteiger partial charge in [-0.3, -0.25) is 14.8 Å². The lowest BCUT2D eigenvalue weighted by atomic mass is 10.00. The molecule has 0 bridgehead atoms. The zero-order chi connectivity index (χ0) is 13.2. The number of carbonyl (C=O) groups excluding carboxylic acids is 1. The molecule has 1 unspecified atom stereocenters. The highest BCUT2D eigenvalue weighted by Crippen LogP contribution is 2.39. The lowest BCUT2D eigenvalue weighted by Crippen LogP contribution is -2.46. The number of aliphatic hydroxyl groups is 1. The third-order valence-electron chi connectivity index (χ3n) is 3.33. The van der Waals surface area contributed by atoms with Crippen LogP contribution >= 0.6 is 0 Å². The fourth-order valence-electron chi connectivity index (χ4n) is 1.86. The molecule has 5 nitrogen and oxygen atoms in total. The van der Waals surface area contributed by atoms with Gasteiger partial charge in [0.25, 0.3) is 5.91 Å². The van der Waals surface area contributed by atoms with E-state index >= 15 is 0 Å². The number of hydrogen-bond donors (Lipinski definition) is 2. The normalized spacial score (nSPS) is 18.2. The van der Waals surface area contributed by atoms with Gasteiger partial charge in [-0.1, -0.05) is 0 Å². The molecule has 1 aromatic heterocycles. The minimum atomic E-state index is -1.22. The second kappa shape index (κ2) is 5.02. The SMILES string of the molecule is Cc1cnc(CCNC(=O)C(C)(O)C2CC2)cn1. The van der Waals surface area contributed by atoms with Crippen LogP contribution in [0.5, 0.6) is 0 Å². The zero-order valence-electron chi connectivity index (χ0n) is 10.8. The highest BCUT2D eigenvalue weighted by molar-refractivity contribution is 5.85. The van der Waals surface area contributed by atoms with E-state index in [-0.39, 0.29) is 11.8 Å². The molecular weight excluding hydrogens is 230 g/mol. The van der Waals surface area contributed by atoms with E-state index in [0.29, 0.717) is 13.0 Å². The predicted octanol–water partition coefficient (Wildman–Crippen LogP) is 0.605. The number of amides is 1. The smallest absolute Gasteiger partial charge is 0.251 e. The Balaban J connectivity index is 1.78. The molecule has 1 aromatic rings. The average Bonchev–Trinajstić information content (AvgIpc) is 3.15. The molecule has 0 aromatic carbocycles. The summed E-state index contributed by atoms with van der Waals surface area (Å²) in [5.74, 6) is -0.165. The first-order valence-corrected chi connectivity index (χ1v) is 6.28. The van der Waals surface area contributed by atoms with E-state index < -0.39 is 5.60 Å². The topological polar surface area (TPSA) is 75.1 Å². The van der Waals surface area contributed by atoms with Crippen molar-refractivity contribution >= 4 is 5.91 Å². The summed E-state index contributed by atoms with van der Waals surface area (Å²) in [7, 11) is 0. The van der Waals surface area contributed by atoms with E-state index in [1.807, 2.05) is 6.92 Å². The van der Waals surface area contributed by atoms with Crippen molar-refractivity contribution in [2.45, 2.75) is 38.7 Å². The molecule has 1 heterocycles. The summed E-state index contributed by atoms with van der Waals surface area (Å²) in [4.78, 5) is 20.1. The molecule has 18 heavy (non-hydrogen) atoms. The monoisotopic (exact) mass is 249 g/mol. The molecule has 1 amide bonds. The summed E-state index contributed by atoms with van der Waals surface area (Å²) < 4.78 is 0. The molecular formula is C13H19N3O2. The largest absolute Gasteiger partial charge is 0.380 e. The Morgan fingerprint density at radius 1 is 1.50 bits per heavy atom. The van der Waals surface area contributed by atoms with Crippen LogP contribution in [0.2, 0.25) is 0 Å². The standard InChI is InChI=1S/C13H19N3O2/c1-9-7-16-11(8-15-9)5-6-14-12(17)13(2,18)10-3-4-10/h7-8,10,18H,3-6H2,1-2H3,(H,14,17). The van der Waals surface area contributed by atoms with Crippen molar-refractivity contribution in [3.8, 4) is 0 Å². The Labute approximate surface area is 107 Å². The van der Waals surface area contributed by atoms with Gasteiger partial charge in [-0.25, -0.2) is 0 Å². The average molecular weight is 249 g/mol. The molecule has 5 heteroatoms. The summed E-state index contributed by atoms with van der Waals surface area (Å²) in [6.45, 7) is 3.94. The van der Waals surface area contributed by atoms with Crippen LogP contribution in [0.15, 0.2) is 12.4 Å². The second-order valence-corrected chi connectivity index (χ2v) is 5.08. The van der Waals surface area contributed by atoms with E-state index in [1.54, 1.807) is 19.3 Å². The maximum absolute atomic E-state index is 11.8. The molecule has 1 aliphatic rings. The summed E-state index contributed by atoms with van der Waals surface area (Å²) in [5.41, 5.74) is 0.491. The van der Waals surface area contributed by atoms with E-state index in [1.165, 1.54) is 0 Å². The molecule has 0 spiro atoms. The third kappa shape index (κ3) is 3.04. The number of rotatable bonds is 5. The maximum Gasteiger partial charge on any atom is 0.251 e. The fourth-order valence-corrected chi connectivity index (χ4v) is 1.86. The molecule has 0 radical (unpaired) electrons. The van der Waals surface area contributed by atoms with Crippen LogP contribution in [0, 0.1) is 12.8 Å². The van der Waals surface area contributed by atoms with E-state index in [9.17, 15) is 9.90 Å². The van der Waals surface area contributed by atoms with Crippen molar-refractivity contribution in [3.63, 3.8) is 0 Å². The predicted molar refractivity (Wildman–Crippen MR) is 66.8 cm³/mol. The first-order chi connectivity index (χ1) is 8.50. The first-order valence-electron chi connectivity index (χ1n) is 6.28. The lowest BCUT2D eigenvalue weighted by molar-refractivity contribution is -0.140. The zero-order valence-corrected chi connectivity index (χ0v) is 10.8. The van der Waals surface area contributed by atoms with Gasteiger partial charge >= 0.3 is 0 Å². The van der Waals surface area contributed by atoms with E-state index in [2.05, 4.69) is 15.3 Å². The Hall–Kier alpha value is -1.49. The molecule has 1 saturated carbocycles. The molecule has 2 rings (SSSR count).